The van der Waals surface area contributed by atoms with Gasteiger partial charge in [-0.3, -0.25) is 0 Å². The van der Waals surface area contributed by atoms with E-state index in [4.69, 9.17) is 5.26 Å². The molecule has 3 aromatic carbocycles. The standard InChI is InChI=1S/C37H40F5NO/c1-2-3-4-5-24-6-10-26(11-7-24)27-12-14-28(15-13-27)29-16-19-32(33(38)20-29)30-21-34(39)36(35(40)22-30)37(41,42)44-31-17-8-25(23-43)9-18-31/h8-9,16-22,24,26-28H,2-7,10-15H2,1H3. The van der Waals surface area contributed by atoms with Crippen LogP contribution in [0.5, 0.6) is 5.75 Å². The fraction of sp³-hybridized carbons (Fsp3) is 0.486. The van der Waals surface area contributed by atoms with E-state index in [0.717, 1.165) is 61.1 Å². The lowest BCUT2D eigenvalue weighted by atomic mass is 9.68. The summed E-state index contributed by atoms with van der Waals surface area (Å²) in [6.07, 6.45) is 10.6. The van der Waals surface area contributed by atoms with Crippen LogP contribution in [0.3, 0.4) is 0 Å². The van der Waals surface area contributed by atoms with Crippen molar-refractivity contribution in [2.24, 2.45) is 17.8 Å². The topological polar surface area (TPSA) is 33.0 Å². The summed E-state index contributed by atoms with van der Waals surface area (Å²) in [4.78, 5) is 0. The quantitative estimate of drug-likeness (QED) is 0.169. The molecule has 2 aliphatic carbocycles. The van der Waals surface area contributed by atoms with Crippen molar-refractivity contribution in [1.82, 2.24) is 0 Å². The predicted molar refractivity (Wildman–Crippen MR) is 162 cm³/mol. The number of rotatable bonds is 10. The van der Waals surface area contributed by atoms with Crippen LogP contribution in [0.4, 0.5) is 22.0 Å². The van der Waals surface area contributed by atoms with E-state index in [1.165, 1.54) is 75.6 Å². The number of unbranched alkanes of at least 4 members (excludes halogenated alkanes) is 2. The van der Waals surface area contributed by atoms with E-state index in [-0.39, 0.29) is 28.4 Å². The average Bonchev–Trinajstić information content (AvgIpc) is 3.01. The number of hydrogen-bond donors (Lipinski definition) is 0. The van der Waals surface area contributed by atoms with Crippen LogP contribution in [0.15, 0.2) is 54.6 Å². The molecule has 2 nitrogen and oxygen atoms in total. The molecular weight excluding hydrogens is 569 g/mol. The zero-order valence-corrected chi connectivity index (χ0v) is 25.2. The predicted octanol–water partition coefficient (Wildman–Crippen LogP) is 11.4. The van der Waals surface area contributed by atoms with Gasteiger partial charge < -0.3 is 4.74 Å². The molecule has 2 saturated carbocycles. The first-order valence-corrected chi connectivity index (χ1v) is 16.0. The number of benzene rings is 3. The van der Waals surface area contributed by atoms with Crippen molar-refractivity contribution in [2.45, 2.75) is 96.0 Å². The highest BCUT2D eigenvalue weighted by atomic mass is 19.3. The van der Waals surface area contributed by atoms with E-state index >= 15 is 4.39 Å². The van der Waals surface area contributed by atoms with E-state index in [0.29, 0.717) is 12.1 Å². The van der Waals surface area contributed by atoms with Crippen LogP contribution >= 0.6 is 0 Å². The Balaban J connectivity index is 1.21. The van der Waals surface area contributed by atoms with Crippen LogP contribution in [0.1, 0.15) is 107 Å². The molecule has 0 aromatic heterocycles. The smallest absolute Gasteiger partial charge is 0.429 e. The second-order valence-electron chi connectivity index (χ2n) is 12.7. The zero-order chi connectivity index (χ0) is 31.3. The van der Waals surface area contributed by atoms with Gasteiger partial charge in [0.05, 0.1) is 11.6 Å². The lowest BCUT2D eigenvalue weighted by molar-refractivity contribution is -0.189. The van der Waals surface area contributed by atoms with Crippen LogP contribution in [0.25, 0.3) is 11.1 Å². The molecule has 7 heteroatoms. The maximum absolute atomic E-state index is 15.3. The van der Waals surface area contributed by atoms with Gasteiger partial charge in [-0.05, 0) is 116 Å². The Morgan fingerprint density at radius 1 is 0.773 bits per heavy atom. The third kappa shape index (κ3) is 7.45. The zero-order valence-electron chi connectivity index (χ0n) is 25.2. The van der Waals surface area contributed by atoms with E-state index < -0.39 is 29.1 Å². The SMILES string of the molecule is CCCCCC1CCC(C2CCC(c3ccc(-c4cc(F)c(C(F)(F)Oc5ccc(C#N)cc5)c(F)c4)c(F)c3)CC2)CC1. The van der Waals surface area contributed by atoms with Crippen molar-refractivity contribution < 1.29 is 26.7 Å². The molecule has 0 N–H and O–H groups in total. The lowest BCUT2D eigenvalue weighted by Gasteiger charge is -2.38. The molecular formula is C37H40F5NO. The van der Waals surface area contributed by atoms with Crippen LogP contribution < -0.4 is 4.74 Å². The van der Waals surface area contributed by atoms with Crippen molar-refractivity contribution >= 4 is 0 Å². The molecule has 2 fully saturated rings. The molecule has 2 aliphatic rings. The van der Waals surface area contributed by atoms with Crippen LogP contribution in [0.2, 0.25) is 0 Å². The minimum absolute atomic E-state index is 0.0567. The summed E-state index contributed by atoms with van der Waals surface area (Å²) in [5.74, 6) is -1.44. The van der Waals surface area contributed by atoms with Gasteiger partial charge in [-0.2, -0.15) is 14.0 Å². The first-order valence-electron chi connectivity index (χ1n) is 16.0. The van der Waals surface area contributed by atoms with Crippen molar-refractivity contribution in [1.29, 1.82) is 5.26 Å². The Kier molecular flexibility index (Phi) is 10.3. The lowest BCUT2D eigenvalue weighted by Crippen LogP contribution is -2.25. The molecule has 0 amide bonds. The average molecular weight is 610 g/mol. The van der Waals surface area contributed by atoms with Gasteiger partial charge in [0.2, 0.25) is 0 Å². The third-order valence-electron chi connectivity index (χ3n) is 9.88. The molecule has 0 saturated heterocycles. The van der Waals surface area contributed by atoms with E-state index in [1.54, 1.807) is 6.07 Å². The van der Waals surface area contributed by atoms with Crippen molar-refractivity contribution in [3.8, 4) is 22.9 Å². The fourth-order valence-corrected chi connectivity index (χ4v) is 7.38. The minimum Gasteiger partial charge on any atom is -0.429 e. The molecule has 44 heavy (non-hydrogen) atoms. The minimum atomic E-state index is -4.34. The molecule has 0 atom stereocenters. The molecule has 0 aliphatic heterocycles. The molecule has 0 heterocycles. The molecule has 0 spiro atoms. The Morgan fingerprint density at radius 3 is 1.95 bits per heavy atom. The van der Waals surface area contributed by atoms with Gasteiger partial charge in [-0.15, -0.1) is 0 Å². The summed E-state index contributed by atoms with van der Waals surface area (Å²) in [6.45, 7) is 2.25. The molecule has 0 bridgehead atoms. The van der Waals surface area contributed by atoms with Gasteiger partial charge >= 0.3 is 6.11 Å². The number of alkyl halides is 2. The highest BCUT2D eigenvalue weighted by Crippen LogP contribution is 2.45. The number of ether oxygens (including phenoxy) is 1. The summed E-state index contributed by atoms with van der Waals surface area (Å²) in [6, 6.07) is 12.7. The number of nitrogens with zero attached hydrogens (tertiary/aromatic N) is 1. The van der Waals surface area contributed by atoms with Crippen molar-refractivity contribution in [3.05, 3.63) is 88.7 Å². The highest BCUT2D eigenvalue weighted by molar-refractivity contribution is 5.65. The Morgan fingerprint density at radius 2 is 1.39 bits per heavy atom. The number of nitriles is 1. The highest BCUT2D eigenvalue weighted by Gasteiger charge is 2.41. The summed E-state index contributed by atoms with van der Waals surface area (Å²) in [5, 5.41) is 8.85. The maximum Gasteiger partial charge on any atom is 0.432 e. The van der Waals surface area contributed by atoms with Gasteiger partial charge in [-0.25, -0.2) is 13.2 Å². The number of halogens is 5. The van der Waals surface area contributed by atoms with Gasteiger partial charge in [0, 0.05) is 5.56 Å². The fourth-order valence-electron chi connectivity index (χ4n) is 7.38. The Hall–Kier alpha value is -3.40. The first-order chi connectivity index (χ1) is 21.2. The molecule has 0 radical (unpaired) electrons. The van der Waals surface area contributed by atoms with E-state index in [2.05, 4.69) is 11.7 Å². The molecule has 3 aromatic rings. The van der Waals surface area contributed by atoms with Gasteiger partial charge in [-0.1, -0.05) is 57.6 Å². The van der Waals surface area contributed by atoms with Crippen molar-refractivity contribution in [3.63, 3.8) is 0 Å². The summed E-state index contributed by atoms with van der Waals surface area (Å²) < 4.78 is 79.3. The third-order valence-corrected chi connectivity index (χ3v) is 9.88. The summed E-state index contributed by atoms with van der Waals surface area (Å²) >= 11 is 0. The Labute approximate surface area is 257 Å². The van der Waals surface area contributed by atoms with E-state index in [1.807, 2.05) is 6.07 Å². The normalized spacial score (nSPS) is 22.4. The van der Waals surface area contributed by atoms with Gasteiger partial charge in [0.25, 0.3) is 0 Å². The largest absolute Gasteiger partial charge is 0.432 e. The number of hydrogen-bond acceptors (Lipinski definition) is 2. The summed E-state index contributed by atoms with van der Waals surface area (Å²) in [5.41, 5.74) is -0.711. The Bertz CT molecular complexity index is 1420. The van der Waals surface area contributed by atoms with Crippen LogP contribution in [-0.2, 0) is 6.11 Å². The first kappa shape index (κ1) is 32.0. The van der Waals surface area contributed by atoms with Gasteiger partial charge in [0.15, 0.2) is 0 Å². The van der Waals surface area contributed by atoms with E-state index in [9.17, 15) is 17.6 Å². The maximum atomic E-state index is 15.3. The van der Waals surface area contributed by atoms with Crippen LogP contribution in [0, 0.1) is 46.5 Å². The molecule has 0 unspecified atom stereocenters. The summed E-state index contributed by atoms with van der Waals surface area (Å²) in [7, 11) is 0. The van der Waals surface area contributed by atoms with Crippen LogP contribution in [-0.4, -0.2) is 0 Å². The molecule has 5 rings (SSSR count). The van der Waals surface area contributed by atoms with Crippen molar-refractivity contribution in [2.75, 3.05) is 0 Å². The second kappa shape index (κ2) is 14.1. The monoisotopic (exact) mass is 609 g/mol. The van der Waals surface area contributed by atoms with Gasteiger partial charge in [0.1, 0.15) is 28.8 Å². The second-order valence-corrected chi connectivity index (χ2v) is 12.7. The molecule has 234 valence electrons.